The van der Waals surface area contributed by atoms with E-state index in [4.69, 9.17) is 18.9 Å². The summed E-state index contributed by atoms with van der Waals surface area (Å²) in [5.74, 6) is 2.69. The zero-order chi connectivity index (χ0) is 26.4. The van der Waals surface area contributed by atoms with Gasteiger partial charge in [0.2, 0.25) is 0 Å². The van der Waals surface area contributed by atoms with Crippen molar-refractivity contribution in [2.24, 2.45) is 11.8 Å². The van der Waals surface area contributed by atoms with E-state index in [-0.39, 0.29) is 6.29 Å². The zero-order valence-corrected chi connectivity index (χ0v) is 22.6. The van der Waals surface area contributed by atoms with E-state index in [2.05, 4.69) is 24.3 Å². The first kappa shape index (κ1) is 26.7. The van der Waals surface area contributed by atoms with Crippen LogP contribution in [0, 0.1) is 11.8 Å². The summed E-state index contributed by atoms with van der Waals surface area (Å²) in [6, 6.07) is 24.4. The van der Waals surface area contributed by atoms with Crippen LogP contribution in [-0.4, -0.2) is 32.2 Å². The molecule has 202 valence electrons. The normalized spacial score (nSPS) is 23.1. The Morgan fingerprint density at radius 2 is 1.63 bits per heavy atom. The maximum absolute atomic E-state index is 11.8. The first-order chi connectivity index (χ1) is 18.6. The smallest absolute Gasteiger partial charge is 0.159 e. The average molecular weight is 517 g/mol. The number of rotatable bonds is 10. The molecule has 1 fully saturated rings. The van der Waals surface area contributed by atoms with Gasteiger partial charge in [-0.1, -0.05) is 54.6 Å². The SMILES string of the molecule is COC(OC)C1CCC(CCc2ccc(C3(O)CCOc4cc(OCc5ccccc5)ccc43)cc2)CC1. The van der Waals surface area contributed by atoms with E-state index in [1.807, 2.05) is 48.5 Å². The van der Waals surface area contributed by atoms with Crippen LogP contribution in [0.4, 0.5) is 0 Å². The molecule has 1 aliphatic heterocycles. The highest BCUT2D eigenvalue weighted by atomic mass is 16.7. The molecule has 1 unspecified atom stereocenters. The Hall–Kier alpha value is -2.86. The molecule has 3 aromatic rings. The van der Waals surface area contributed by atoms with E-state index in [1.54, 1.807) is 14.2 Å². The van der Waals surface area contributed by atoms with Gasteiger partial charge in [-0.15, -0.1) is 0 Å². The summed E-state index contributed by atoms with van der Waals surface area (Å²) < 4.78 is 22.9. The molecule has 1 heterocycles. The quantitative estimate of drug-likeness (QED) is 0.306. The molecular formula is C33H40O5. The third-order valence-electron chi connectivity index (χ3n) is 8.38. The first-order valence-corrected chi connectivity index (χ1v) is 13.9. The van der Waals surface area contributed by atoms with E-state index in [0.29, 0.717) is 31.3 Å². The predicted molar refractivity (Wildman–Crippen MR) is 148 cm³/mol. The summed E-state index contributed by atoms with van der Waals surface area (Å²) in [5, 5.41) is 11.8. The number of methoxy groups -OCH3 is 2. The fraction of sp³-hybridized carbons (Fsp3) is 0.455. The van der Waals surface area contributed by atoms with Crippen LogP contribution < -0.4 is 9.47 Å². The molecule has 5 heteroatoms. The van der Waals surface area contributed by atoms with Gasteiger partial charge in [0.1, 0.15) is 23.7 Å². The van der Waals surface area contributed by atoms with Gasteiger partial charge in [-0.05, 0) is 73.3 Å². The highest BCUT2D eigenvalue weighted by Crippen LogP contribution is 2.43. The Bertz CT molecular complexity index is 1150. The molecule has 1 atom stereocenters. The monoisotopic (exact) mass is 516 g/mol. The summed E-state index contributed by atoms with van der Waals surface area (Å²) in [6.07, 6.45) is 7.53. The van der Waals surface area contributed by atoms with Crippen molar-refractivity contribution in [3.05, 3.63) is 95.1 Å². The maximum atomic E-state index is 11.8. The molecule has 0 spiro atoms. The van der Waals surface area contributed by atoms with Crippen molar-refractivity contribution in [3.63, 3.8) is 0 Å². The number of aliphatic hydroxyl groups is 1. The van der Waals surface area contributed by atoms with Crippen molar-refractivity contribution in [2.75, 3.05) is 20.8 Å². The van der Waals surface area contributed by atoms with Crippen LogP contribution in [0.5, 0.6) is 11.5 Å². The van der Waals surface area contributed by atoms with Gasteiger partial charge >= 0.3 is 0 Å². The van der Waals surface area contributed by atoms with Gasteiger partial charge in [0.25, 0.3) is 0 Å². The largest absolute Gasteiger partial charge is 0.493 e. The van der Waals surface area contributed by atoms with Crippen LogP contribution in [0.15, 0.2) is 72.8 Å². The Morgan fingerprint density at radius 3 is 2.34 bits per heavy atom. The fourth-order valence-electron chi connectivity index (χ4n) is 6.09. The van der Waals surface area contributed by atoms with E-state index >= 15 is 0 Å². The van der Waals surface area contributed by atoms with Gasteiger partial charge in [0, 0.05) is 38.2 Å². The fourth-order valence-corrected chi connectivity index (χ4v) is 6.09. The third kappa shape index (κ3) is 6.06. The number of hydrogen-bond donors (Lipinski definition) is 1. The standard InChI is InChI=1S/C33H40O5/c1-35-32(36-2)27-14-10-24(11-15-27)8-9-25-12-16-28(17-13-25)33(34)20-21-37-31-22-29(18-19-30(31)33)38-23-26-6-4-3-5-7-26/h3-7,12-13,16-19,22,24,27,32,34H,8-11,14-15,20-21,23H2,1-2H3. The minimum Gasteiger partial charge on any atom is -0.493 e. The van der Waals surface area contributed by atoms with Gasteiger partial charge in [-0.25, -0.2) is 0 Å². The summed E-state index contributed by atoms with van der Waals surface area (Å²) in [6.45, 7) is 0.955. The lowest BCUT2D eigenvalue weighted by Gasteiger charge is -2.35. The molecule has 2 aliphatic rings. The van der Waals surface area contributed by atoms with Crippen molar-refractivity contribution in [1.29, 1.82) is 0 Å². The molecule has 0 amide bonds. The van der Waals surface area contributed by atoms with E-state index in [0.717, 1.165) is 34.8 Å². The highest BCUT2D eigenvalue weighted by Gasteiger charge is 2.37. The van der Waals surface area contributed by atoms with Crippen LogP contribution in [0.25, 0.3) is 0 Å². The van der Waals surface area contributed by atoms with Gasteiger partial charge < -0.3 is 24.1 Å². The second kappa shape index (κ2) is 12.3. The van der Waals surface area contributed by atoms with Gasteiger partial charge in [0.05, 0.1) is 6.61 Å². The second-order valence-corrected chi connectivity index (χ2v) is 10.7. The molecule has 38 heavy (non-hydrogen) atoms. The van der Waals surface area contributed by atoms with Gasteiger partial charge in [-0.3, -0.25) is 0 Å². The number of ether oxygens (including phenoxy) is 4. The van der Waals surface area contributed by atoms with Crippen LogP contribution in [0.1, 0.15) is 60.8 Å². The highest BCUT2D eigenvalue weighted by molar-refractivity contribution is 5.50. The Balaban J connectivity index is 1.19. The molecule has 5 nitrogen and oxygen atoms in total. The van der Waals surface area contributed by atoms with E-state index < -0.39 is 5.60 Å². The first-order valence-electron chi connectivity index (χ1n) is 13.9. The minimum absolute atomic E-state index is 0.0713. The van der Waals surface area contributed by atoms with Crippen molar-refractivity contribution >= 4 is 0 Å². The number of aryl methyl sites for hydroxylation is 1. The lowest BCUT2D eigenvalue weighted by Crippen LogP contribution is -2.33. The van der Waals surface area contributed by atoms with Crippen LogP contribution in [0.3, 0.4) is 0 Å². The Kier molecular flexibility index (Phi) is 8.68. The van der Waals surface area contributed by atoms with Gasteiger partial charge in [0.15, 0.2) is 6.29 Å². The number of fused-ring (bicyclic) bond motifs is 1. The van der Waals surface area contributed by atoms with Crippen molar-refractivity contribution in [3.8, 4) is 11.5 Å². The van der Waals surface area contributed by atoms with Crippen molar-refractivity contribution in [1.82, 2.24) is 0 Å². The minimum atomic E-state index is -1.07. The lowest BCUT2D eigenvalue weighted by molar-refractivity contribution is -0.145. The molecule has 0 saturated heterocycles. The predicted octanol–water partition coefficient (Wildman–Crippen LogP) is 6.64. The van der Waals surface area contributed by atoms with Crippen molar-refractivity contribution < 1.29 is 24.1 Å². The molecular weight excluding hydrogens is 476 g/mol. The second-order valence-electron chi connectivity index (χ2n) is 10.7. The molecule has 5 rings (SSSR count). The number of benzene rings is 3. The average Bonchev–Trinajstić information content (AvgIpc) is 2.97. The van der Waals surface area contributed by atoms with E-state index in [9.17, 15) is 5.11 Å². The topological polar surface area (TPSA) is 57.2 Å². The maximum Gasteiger partial charge on any atom is 0.159 e. The lowest BCUT2D eigenvalue weighted by atomic mass is 9.79. The summed E-state index contributed by atoms with van der Waals surface area (Å²) in [4.78, 5) is 0. The molecule has 0 bridgehead atoms. The molecule has 0 radical (unpaired) electrons. The third-order valence-corrected chi connectivity index (χ3v) is 8.38. The summed E-state index contributed by atoms with van der Waals surface area (Å²) >= 11 is 0. The van der Waals surface area contributed by atoms with E-state index in [1.165, 1.54) is 37.7 Å². The Morgan fingerprint density at radius 1 is 0.895 bits per heavy atom. The number of hydrogen-bond acceptors (Lipinski definition) is 5. The van der Waals surface area contributed by atoms with Gasteiger partial charge in [-0.2, -0.15) is 0 Å². The zero-order valence-electron chi connectivity index (χ0n) is 22.6. The molecule has 3 aromatic carbocycles. The molecule has 0 aromatic heterocycles. The summed E-state index contributed by atoms with van der Waals surface area (Å²) in [7, 11) is 3.47. The van der Waals surface area contributed by atoms with Crippen molar-refractivity contribution in [2.45, 2.75) is 63.4 Å². The molecule has 1 N–H and O–H groups in total. The van der Waals surface area contributed by atoms with Crippen LogP contribution >= 0.6 is 0 Å². The summed E-state index contributed by atoms with van der Waals surface area (Å²) in [5.41, 5.74) is 3.08. The molecule has 1 aliphatic carbocycles. The van der Waals surface area contributed by atoms with Crippen LogP contribution in [0.2, 0.25) is 0 Å². The Labute approximate surface area is 226 Å². The van der Waals surface area contributed by atoms with Crippen LogP contribution in [-0.2, 0) is 28.1 Å². The molecule has 1 saturated carbocycles.